The minimum atomic E-state index is -0.0103. The lowest BCUT2D eigenvalue weighted by atomic mass is 10.1. The van der Waals surface area contributed by atoms with E-state index in [-0.39, 0.29) is 5.91 Å². The molecular weight excluding hydrogens is 389 g/mol. The van der Waals surface area contributed by atoms with E-state index in [2.05, 4.69) is 33.2 Å². The molecule has 0 saturated carbocycles. The topological polar surface area (TPSA) is 67.2 Å². The fourth-order valence-corrected chi connectivity index (χ4v) is 3.04. The van der Waals surface area contributed by atoms with Crippen molar-refractivity contribution in [2.24, 2.45) is 0 Å². The van der Waals surface area contributed by atoms with Gasteiger partial charge in [0.1, 0.15) is 0 Å². The van der Waals surface area contributed by atoms with Gasteiger partial charge in [0, 0.05) is 9.26 Å². The molecule has 4 N–H and O–H groups in total. The second-order valence-corrected chi connectivity index (χ2v) is 6.22. The van der Waals surface area contributed by atoms with E-state index in [0.717, 1.165) is 26.2 Å². The molecule has 3 rings (SSSR count). The van der Waals surface area contributed by atoms with Gasteiger partial charge in [0.05, 0.1) is 28.5 Å². The summed E-state index contributed by atoms with van der Waals surface area (Å²) < 4.78 is 1.06. The maximum absolute atomic E-state index is 11.4. The van der Waals surface area contributed by atoms with Crippen molar-refractivity contribution in [3.63, 3.8) is 0 Å². The molecule has 1 aliphatic rings. The lowest BCUT2D eigenvalue weighted by Gasteiger charge is -2.13. The number of hydrogen-bond acceptors (Lipinski definition) is 3. The van der Waals surface area contributed by atoms with Gasteiger partial charge in [-0.25, -0.2) is 0 Å². The van der Waals surface area contributed by atoms with Crippen LogP contribution in [0.15, 0.2) is 30.3 Å². The Bertz CT molecular complexity index is 718. The Labute approximate surface area is 134 Å². The van der Waals surface area contributed by atoms with E-state index in [1.807, 2.05) is 30.3 Å². The number of benzene rings is 2. The highest BCUT2D eigenvalue weighted by Crippen LogP contribution is 2.35. The molecule has 1 heterocycles. The summed E-state index contributed by atoms with van der Waals surface area (Å²) in [5.41, 5.74) is 9.85. The summed E-state index contributed by atoms with van der Waals surface area (Å²) in [5.74, 6) is -0.0103. The number of halogens is 2. The van der Waals surface area contributed by atoms with Crippen molar-refractivity contribution in [2.75, 3.05) is 16.4 Å². The zero-order valence-electron chi connectivity index (χ0n) is 10.3. The molecule has 0 bridgehead atoms. The fourth-order valence-electron chi connectivity index (χ4n) is 2.14. The highest BCUT2D eigenvalue weighted by Gasteiger charge is 2.19. The van der Waals surface area contributed by atoms with Crippen LogP contribution in [0.3, 0.4) is 0 Å². The quantitative estimate of drug-likeness (QED) is 0.532. The maximum Gasteiger partial charge on any atom is 0.228 e. The number of nitrogens with two attached hydrogens (primary N) is 1. The third-order valence-electron chi connectivity index (χ3n) is 3.10. The Morgan fingerprint density at radius 3 is 2.80 bits per heavy atom. The van der Waals surface area contributed by atoms with E-state index >= 15 is 0 Å². The summed E-state index contributed by atoms with van der Waals surface area (Å²) in [5, 5.41) is 6.63. The Hall–Kier alpha value is -1.47. The van der Waals surface area contributed by atoms with Gasteiger partial charge in [0.25, 0.3) is 0 Å². The predicted molar refractivity (Wildman–Crippen MR) is 90.6 cm³/mol. The van der Waals surface area contributed by atoms with Crippen LogP contribution in [-0.4, -0.2) is 5.91 Å². The molecule has 0 aliphatic carbocycles. The molecule has 20 heavy (non-hydrogen) atoms. The van der Waals surface area contributed by atoms with Crippen molar-refractivity contribution in [3.05, 3.63) is 44.5 Å². The zero-order valence-corrected chi connectivity index (χ0v) is 13.2. The molecule has 0 spiro atoms. The standard InChI is InChI=1S/C14H11ClIN3O/c15-9-5-8(16)1-2-11(9)18-13-6-12-7(3-10(13)17)4-14(20)19-12/h1-3,5-6,18H,4,17H2,(H,19,20). The van der Waals surface area contributed by atoms with Gasteiger partial charge in [0.2, 0.25) is 5.91 Å². The fraction of sp³-hybridized carbons (Fsp3) is 0.0714. The lowest BCUT2D eigenvalue weighted by molar-refractivity contribution is -0.115. The molecule has 1 amide bonds. The third-order valence-corrected chi connectivity index (χ3v) is 4.08. The van der Waals surface area contributed by atoms with Gasteiger partial charge in [-0.05, 0) is 58.5 Å². The van der Waals surface area contributed by atoms with Crippen LogP contribution in [0, 0.1) is 3.57 Å². The van der Waals surface area contributed by atoms with E-state index in [9.17, 15) is 4.79 Å². The van der Waals surface area contributed by atoms with E-state index in [1.165, 1.54) is 0 Å². The smallest absolute Gasteiger partial charge is 0.228 e. The normalized spacial score (nSPS) is 13.0. The van der Waals surface area contributed by atoms with Gasteiger partial charge in [-0.15, -0.1) is 0 Å². The van der Waals surface area contributed by atoms with Crippen LogP contribution in [0.4, 0.5) is 22.7 Å². The van der Waals surface area contributed by atoms with Crippen molar-refractivity contribution in [1.82, 2.24) is 0 Å². The monoisotopic (exact) mass is 399 g/mol. The number of hydrogen-bond donors (Lipinski definition) is 3. The first-order chi connectivity index (χ1) is 9.52. The molecule has 2 aromatic carbocycles. The minimum Gasteiger partial charge on any atom is -0.397 e. The van der Waals surface area contributed by atoms with Crippen molar-refractivity contribution in [3.8, 4) is 0 Å². The second-order valence-electron chi connectivity index (χ2n) is 4.57. The summed E-state index contributed by atoms with van der Waals surface area (Å²) in [6.45, 7) is 0. The molecule has 102 valence electrons. The molecule has 4 nitrogen and oxygen atoms in total. The lowest BCUT2D eigenvalue weighted by Crippen LogP contribution is -2.03. The summed E-state index contributed by atoms with van der Waals surface area (Å²) >= 11 is 8.40. The van der Waals surface area contributed by atoms with Gasteiger partial charge in [-0.3, -0.25) is 4.79 Å². The summed E-state index contributed by atoms with van der Waals surface area (Å²) in [7, 11) is 0. The van der Waals surface area contributed by atoms with Gasteiger partial charge >= 0.3 is 0 Å². The predicted octanol–water partition coefficient (Wildman–Crippen LogP) is 3.77. The van der Waals surface area contributed by atoms with Crippen LogP contribution in [-0.2, 0) is 11.2 Å². The van der Waals surface area contributed by atoms with Crippen LogP contribution in [0.5, 0.6) is 0 Å². The zero-order chi connectivity index (χ0) is 14.3. The number of anilines is 4. The maximum atomic E-state index is 11.4. The van der Waals surface area contributed by atoms with Gasteiger partial charge in [0.15, 0.2) is 0 Å². The van der Waals surface area contributed by atoms with Crippen molar-refractivity contribution in [1.29, 1.82) is 0 Å². The van der Waals surface area contributed by atoms with Crippen LogP contribution in [0.2, 0.25) is 5.02 Å². The number of nitrogen functional groups attached to an aromatic ring is 1. The molecule has 0 radical (unpaired) electrons. The van der Waals surface area contributed by atoms with Crippen molar-refractivity contribution < 1.29 is 4.79 Å². The van der Waals surface area contributed by atoms with E-state index in [4.69, 9.17) is 17.3 Å². The number of carbonyl (C=O) groups excluding carboxylic acids is 1. The van der Waals surface area contributed by atoms with Crippen LogP contribution >= 0.6 is 34.2 Å². The molecule has 0 atom stereocenters. The van der Waals surface area contributed by atoms with Crippen molar-refractivity contribution in [2.45, 2.75) is 6.42 Å². The van der Waals surface area contributed by atoms with Crippen LogP contribution < -0.4 is 16.4 Å². The number of carbonyl (C=O) groups is 1. The molecule has 0 unspecified atom stereocenters. The van der Waals surface area contributed by atoms with Gasteiger partial charge in [-0.2, -0.15) is 0 Å². The van der Waals surface area contributed by atoms with Gasteiger partial charge in [-0.1, -0.05) is 11.6 Å². The molecule has 2 aromatic rings. The van der Waals surface area contributed by atoms with Crippen molar-refractivity contribution >= 4 is 62.8 Å². The summed E-state index contributed by atoms with van der Waals surface area (Å²) in [4.78, 5) is 11.4. The molecule has 0 aromatic heterocycles. The SMILES string of the molecule is Nc1cc2c(cc1Nc1ccc(I)cc1Cl)NC(=O)C2. The first kappa shape index (κ1) is 13.5. The van der Waals surface area contributed by atoms with E-state index in [1.54, 1.807) is 0 Å². The molecule has 6 heteroatoms. The Morgan fingerprint density at radius 2 is 2.05 bits per heavy atom. The first-order valence-corrected chi connectivity index (χ1v) is 7.43. The first-order valence-electron chi connectivity index (χ1n) is 5.97. The largest absolute Gasteiger partial charge is 0.397 e. The average molecular weight is 400 g/mol. The second kappa shape index (κ2) is 5.14. The molecule has 0 saturated heterocycles. The molecule has 1 aliphatic heterocycles. The number of amides is 1. The minimum absolute atomic E-state index is 0.0103. The summed E-state index contributed by atoms with van der Waals surface area (Å²) in [6, 6.07) is 9.38. The Kier molecular flexibility index (Phi) is 3.47. The van der Waals surface area contributed by atoms with Crippen LogP contribution in [0.1, 0.15) is 5.56 Å². The average Bonchev–Trinajstić information content (AvgIpc) is 2.72. The molecule has 0 fully saturated rings. The number of nitrogens with one attached hydrogen (secondary N) is 2. The van der Waals surface area contributed by atoms with Crippen LogP contribution in [0.25, 0.3) is 0 Å². The highest BCUT2D eigenvalue weighted by molar-refractivity contribution is 14.1. The Morgan fingerprint density at radius 1 is 1.25 bits per heavy atom. The van der Waals surface area contributed by atoms with E-state index in [0.29, 0.717) is 17.1 Å². The molecular formula is C14H11ClIN3O. The Balaban J connectivity index is 1.95. The summed E-state index contributed by atoms with van der Waals surface area (Å²) in [6.07, 6.45) is 0.379. The highest BCUT2D eigenvalue weighted by atomic mass is 127. The number of rotatable bonds is 2. The number of fused-ring (bicyclic) bond motifs is 1. The van der Waals surface area contributed by atoms with Gasteiger partial charge < -0.3 is 16.4 Å². The van der Waals surface area contributed by atoms with E-state index < -0.39 is 0 Å². The third kappa shape index (κ3) is 2.55.